The second kappa shape index (κ2) is 5.94. The predicted molar refractivity (Wildman–Crippen MR) is 96.6 cm³/mol. The molecule has 0 fully saturated rings. The second-order valence-electron chi connectivity index (χ2n) is 6.54. The van der Waals surface area contributed by atoms with Crippen molar-refractivity contribution in [2.24, 2.45) is 0 Å². The maximum absolute atomic E-state index is 13.1. The van der Waals surface area contributed by atoms with Crippen LogP contribution in [-0.2, 0) is 6.54 Å². The molecular formula is C19H15F3N4O. The zero-order chi connectivity index (χ0) is 19.3. The first-order chi connectivity index (χ1) is 12.7. The SMILES string of the molecule is Cc1cc(-c2ccc3c4[nH]ncc4c(=O)n(CC(F)(F)F)c3c2)cc(C)n1. The summed E-state index contributed by atoms with van der Waals surface area (Å²) in [6.45, 7) is 2.35. The van der Waals surface area contributed by atoms with E-state index in [1.165, 1.54) is 6.20 Å². The highest BCUT2D eigenvalue weighted by molar-refractivity contribution is 6.04. The third-order valence-corrected chi connectivity index (χ3v) is 4.42. The van der Waals surface area contributed by atoms with Crippen LogP contribution in [0.15, 0.2) is 41.3 Å². The molecular weight excluding hydrogens is 357 g/mol. The quantitative estimate of drug-likeness (QED) is 0.576. The number of halogens is 3. The molecule has 0 saturated carbocycles. The van der Waals surface area contributed by atoms with Crippen molar-refractivity contribution in [3.05, 3.63) is 58.3 Å². The van der Waals surface area contributed by atoms with Crippen LogP contribution in [-0.4, -0.2) is 25.9 Å². The van der Waals surface area contributed by atoms with Crippen molar-refractivity contribution in [3.8, 4) is 11.1 Å². The van der Waals surface area contributed by atoms with Crippen LogP contribution in [0.25, 0.3) is 32.9 Å². The monoisotopic (exact) mass is 372 g/mol. The van der Waals surface area contributed by atoms with Gasteiger partial charge in [-0.05, 0) is 43.2 Å². The Labute approximate surface area is 151 Å². The van der Waals surface area contributed by atoms with Crippen molar-refractivity contribution < 1.29 is 13.2 Å². The van der Waals surface area contributed by atoms with Crippen LogP contribution < -0.4 is 5.56 Å². The molecule has 0 atom stereocenters. The van der Waals surface area contributed by atoms with E-state index in [9.17, 15) is 18.0 Å². The molecule has 0 radical (unpaired) electrons. The highest BCUT2D eigenvalue weighted by Crippen LogP contribution is 2.29. The number of benzene rings is 1. The molecule has 0 aliphatic rings. The van der Waals surface area contributed by atoms with Gasteiger partial charge < -0.3 is 0 Å². The Balaban J connectivity index is 2.05. The first kappa shape index (κ1) is 17.3. The number of hydrogen-bond donors (Lipinski definition) is 1. The van der Waals surface area contributed by atoms with Gasteiger partial charge in [0, 0.05) is 16.8 Å². The first-order valence-corrected chi connectivity index (χ1v) is 8.25. The molecule has 0 bridgehead atoms. The number of H-pyrrole nitrogens is 1. The maximum atomic E-state index is 13.1. The number of aromatic amines is 1. The molecule has 0 saturated heterocycles. The molecule has 138 valence electrons. The summed E-state index contributed by atoms with van der Waals surface area (Å²) >= 11 is 0. The smallest absolute Gasteiger partial charge is 0.298 e. The molecule has 1 N–H and O–H groups in total. The standard InChI is InChI=1S/C19H15F3N4O/c1-10-5-13(6-11(2)24-10)12-3-4-14-16(7-12)26(9-19(20,21)22)18(27)15-8-23-25-17(14)15/h3-8H,9H2,1-2H3,(H,23,25). The van der Waals surface area contributed by atoms with E-state index < -0.39 is 18.3 Å². The molecule has 4 aromatic rings. The van der Waals surface area contributed by atoms with E-state index in [1.54, 1.807) is 12.1 Å². The molecule has 3 aromatic heterocycles. The van der Waals surface area contributed by atoms with Gasteiger partial charge in [0.2, 0.25) is 0 Å². The summed E-state index contributed by atoms with van der Waals surface area (Å²) in [5, 5.41) is 7.19. The van der Waals surface area contributed by atoms with Gasteiger partial charge in [-0.15, -0.1) is 0 Å². The van der Waals surface area contributed by atoms with Gasteiger partial charge in [0.05, 0.1) is 22.6 Å². The molecule has 1 aromatic carbocycles. The average Bonchev–Trinajstić information content (AvgIpc) is 3.06. The molecule has 0 spiro atoms. The summed E-state index contributed by atoms with van der Waals surface area (Å²) in [4.78, 5) is 16.9. The van der Waals surface area contributed by atoms with Crippen LogP contribution in [0, 0.1) is 13.8 Å². The van der Waals surface area contributed by atoms with Crippen LogP contribution in [0.2, 0.25) is 0 Å². The largest absolute Gasteiger partial charge is 0.406 e. The van der Waals surface area contributed by atoms with E-state index in [0.29, 0.717) is 16.5 Å². The predicted octanol–water partition coefficient (Wildman–Crippen LogP) is 4.12. The Bertz CT molecular complexity index is 1220. The number of fused-ring (bicyclic) bond motifs is 3. The summed E-state index contributed by atoms with van der Waals surface area (Å²) < 4.78 is 40.1. The summed E-state index contributed by atoms with van der Waals surface area (Å²) in [7, 11) is 0. The lowest BCUT2D eigenvalue weighted by atomic mass is 10.0. The number of aromatic nitrogens is 4. The fraction of sp³-hybridized carbons (Fsp3) is 0.211. The van der Waals surface area contributed by atoms with Gasteiger partial charge in [-0.25, -0.2) is 0 Å². The molecule has 5 nitrogen and oxygen atoms in total. The second-order valence-corrected chi connectivity index (χ2v) is 6.54. The molecule has 0 aliphatic heterocycles. The van der Waals surface area contributed by atoms with Gasteiger partial charge in [0.15, 0.2) is 0 Å². The number of nitrogens with one attached hydrogen (secondary N) is 1. The zero-order valence-corrected chi connectivity index (χ0v) is 14.6. The molecule has 0 unspecified atom stereocenters. The van der Waals surface area contributed by atoms with E-state index in [1.807, 2.05) is 32.0 Å². The van der Waals surface area contributed by atoms with Crippen molar-refractivity contribution in [1.82, 2.24) is 19.7 Å². The number of aryl methyl sites for hydroxylation is 2. The maximum Gasteiger partial charge on any atom is 0.406 e. The third kappa shape index (κ3) is 3.07. The number of hydrogen-bond acceptors (Lipinski definition) is 3. The Morgan fingerprint density at radius 2 is 1.74 bits per heavy atom. The van der Waals surface area contributed by atoms with E-state index in [2.05, 4.69) is 15.2 Å². The number of pyridine rings is 2. The lowest BCUT2D eigenvalue weighted by Crippen LogP contribution is -2.28. The van der Waals surface area contributed by atoms with Crippen LogP contribution >= 0.6 is 0 Å². The Morgan fingerprint density at radius 1 is 1.04 bits per heavy atom. The number of rotatable bonds is 2. The van der Waals surface area contributed by atoms with Crippen LogP contribution in [0.4, 0.5) is 13.2 Å². The topological polar surface area (TPSA) is 63.6 Å². The van der Waals surface area contributed by atoms with Crippen LogP contribution in [0.5, 0.6) is 0 Å². The van der Waals surface area contributed by atoms with E-state index in [4.69, 9.17) is 0 Å². The third-order valence-electron chi connectivity index (χ3n) is 4.42. The van der Waals surface area contributed by atoms with Gasteiger partial charge in [0.1, 0.15) is 6.54 Å². The van der Waals surface area contributed by atoms with Crippen molar-refractivity contribution in [1.29, 1.82) is 0 Å². The minimum Gasteiger partial charge on any atom is -0.298 e. The van der Waals surface area contributed by atoms with E-state index in [-0.39, 0.29) is 10.9 Å². The van der Waals surface area contributed by atoms with E-state index in [0.717, 1.165) is 21.5 Å². The average molecular weight is 372 g/mol. The van der Waals surface area contributed by atoms with Crippen molar-refractivity contribution in [2.45, 2.75) is 26.6 Å². The van der Waals surface area contributed by atoms with Gasteiger partial charge >= 0.3 is 6.18 Å². The highest BCUT2D eigenvalue weighted by atomic mass is 19.4. The lowest BCUT2D eigenvalue weighted by molar-refractivity contribution is -0.140. The summed E-state index contributed by atoms with van der Waals surface area (Å²) in [6, 6.07) is 8.85. The molecule has 0 amide bonds. The fourth-order valence-electron chi connectivity index (χ4n) is 3.39. The fourth-order valence-corrected chi connectivity index (χ4v) is 3.39. The van der Waals surface area contributed by atoms with Gasteiger partial charge in [-0.3, -0.25) is 19.4 Å². The van der Waals surface area contributed by atoms with Gasteiger partial charge in [0.25, 0.3) is 5.56 Å². The molecule has 27 heavy (non-hydrogen) atoms. The molecule has 8 heteroatoms. The van der Waals surface area contributed by atoms with Crippen LogP contribution in [0.3, 0.4) is 0 Å². The van der Waals surface area contributed by atoms with Crippen molar-refractivity contribution in [2.75, 3.05) is 0 Å². The first-order valence-electron chi connectivity index (χ1n) is 8.25. The number of nitrogens with zero attached hydrogens (tertiary/aromatic N) is 3. The zero-order valence-electron chi connectivity index (χ0n) is 14.6. The Morgan fingerprint density at radius 3 is 2.41 bits per heavy atom. The summed E-state index contributed by atoms with van der Waals surface area (Å²) in [5.74, 6) is 0. The Kier molecular flexibility index (Phi) is 3.80. The number of alkyl halides is 3. The van der Waals surface area contributed by atoms with Crippen molar-refractivity contribution >= 4 is 21.8 Å². The molecule has 4 rings (SSSR count). The molecule has 3 heterocycles. The van der Waals surface area contributed by atoms with Gasteiger partial charge in [-0.2, -0.15) is 18.3 Å². The summed E-state index contributed by atoms with van der Waals surface area (Å²) in [5.41, 5.74) is 3.08. The van der Waals surface area contributed by atoms with Crippen molar-refractivity contribution in [3.63, 3.8) is 0 Å². The minimum absolute atomic E-state index is 0.134. The highest BCUT2D eigenvalue weighted by Gasteiger charge is 2.30. The van der Waals surface area contributed by atoms with Crippen LogP contribution in [0.1, 0.15) is 11.4 Å². The summed E-state index contributed by atoms with van der Waals surface area (Å²) in [6.07, 6.45) is -3.26. The van der Waals surface area contributed by atoms with E-state index >= 15 is 0 Å². The minimum atomic E-state index is -4.52. The normalized spacial score (nSPS) is 12.2. The molecule has 0 aliphatic carbocycles. The Hall–Kier alpha value is -3.16. The lowest BCUT2D eigenvalue weighted by Gasteiger charge is -2.15. The van der Waals surface area contributed by atoms with Gasteiger partial charge in [-0.1, -0.05) is 12.1 Å².